The molecule has 2 aromatic heterocycles. The molecule has 0 saturated carbocycles. The number of likely N-dealkylation sites (tertiary alicyclic amines) is 1. The van der Waals surface area contributed by atoms with E-state index in [1.807, 2.05) is 36.4 Å². The van der Waals surface area contributed by atoms with Gasteiger partial charge < -0.3 is 14.6 Å². The molecule has 27 heavy (non-hydrogen) atoms. The van der Waals surface area contributed by atoms with Crippen LogP contribution >= 0.6 is 0 Å². The second kappa shape index (κ2) is 7.53. The predicted molar refractivity (Wildman–Crippen MR) is 98.7 cm³/mol. The van der Waals surface area contributed by atoms with E-state index in [0.717, 1.165) is 18.5 Å². The highest BCUT2D eigenvalue weighted by molar-refractivity contribution is 5.74. The lowest BCUT2D eigenvalue weighted by molar-refractivity contribution is 0.177. The summed E-state index contributed by atoms with van der Waals surface area (Å²) in [6.45, 7) is 1.55. The second-order valence-corrected chi connectivity index (χ2v) is 6.58. The monoisotopic (exact) mass is 367 g/mol. The number of nitrogens with one attached hydrogen (secondary N) is 2. The molecule has 1 aliphatic rings. The van der Waals surface area contributed by atoms with E-state index >= 15 is 0 Å². The van der Waals surface area contributed by atoms with Gasteiger partial charge in [-0.15, -0.1) is 0 Å². The van der Waals surface area contributed by atoms with Crippen LogP contribution in [-0.2, 0) is 6.54 Å². The topological polar surface area (TPSA) is 96.2 Å². The summed E-state index contributed by atoms with van der Waals surface area (Å²) < 4.78 is 6.84. The smallest absolute Gasteiger partial charge is 0.347 e. The quantitative estimate of drug-likeness (QED) is 0.739. The van der Waals surface area contributed by atoms with Crippen molar-refractivity contribution in [1.29, 1.82) is 0 Å². The van der Waals surface area contributed by atoms with E-state index in [1.54, 1.807) is 21.8 Å². The van der Waals surface area contributed by atoms with Gasteiger partial charge in [0.15, 0.2) is 0 Å². The van der Waals surface area contributed by atoms with Crippen LogP contribution in [0.5, 0.6) is 0 Å². The Hall–Kier alpha value is -3.29. The van der Waals surface area contributed by atoms with E-state index in [4.69, 9.17) is 4.42 Å². The number of carbonyl (C=O) groups excluding carboxylic acids is 1. The minimum absolute atomic E-state index is 0.00716. The van der Waals surface area contributed by atoms with Crippen molar-refractivity contribution in [3.8, 4) is 5.69 Å². The molecule has 140 valence electrons. The van der Waals surface area contributed by atoms with Crippen molar-refractivity contribution in [1.82, 2.24) is 25.0 Å². The Morgan fingerprint density at radius 1 is 1.26 bits per heavy atom. The van der Waals surface area contributed by atoms with Crippen LogP contribution < -0.4 is 11.0 Å². The molecule has 0 spiro atoms. The lowest BCUT2D eigenvalue weighted by Crippen LogP contribution is -2.45. The Labute approximate surface area is 155 Å². The first-order valence-electron chi connectivity index (χ1n) is 9.00. The minimum Gasteiger partial charge on any atom is -0.467 e. The number of rotatable bonds is 4. The number of furan rings is 1. The molecule has 3 aromatic rings. The zero-order valence-electron chi connectivity index (χ0n) is 14.8. The fourth-order valence-corrected chi connectivity index (χ4v) is 3.47. The number of benzene rings is 1. The number of piperidine rings is 1. The van der Waals surface area contributed by atoms with Gasteiger partial charge in [0.05, 0.1) is 18.5 Å². The average molecular weight is 367 g/mol. The summed E-state index contributed by atoms with van der Waals surface area (Å²) in [4.78, 5) is 26.6. The number of para-hydroxylation sites is 1. The van der Waals surface area contributed by atoms with Crippen molar-refractivity contribution in [3.05, 3.63) is 70.8 Å². The van der Waals surface area contributed by atoms with Crippen LogP contribution in [0.4, 0.5) is 4.79 Å². The number of amides is 2. The van der Waals surface area contributed by atoms with E-state index in [9.17, 15) is 9.59 Å². The van der Waals surface area contributed by atoms with Gasteiger partial charge in [-0.05, 0) is 37.1 Å². The maximum atomic E-state index is 12.5. The number of aromatic amines is 1. The predicted octanol–water partition coefficient (Wildman–Crippen LogP) is 2.24. The summed E-state index contributed by atoms with van der Waals surface area (Å²) >= 11 is 0. The molecule has 2 amide bonds. The van der Waals surface area contributed by atoms with Crippen LogP contribution in [0.3, 0.4) is 0 Å². The van der Waals surface area contributed by atoms with Crippen molar-refractivity contribution in [2.24, 2.45) is 0 Å². The van der Waals surface area contributed by atoms with E-state index < -0.39 is 0 Å². The van der Waals surface area contributed by atoms with Crippen LogP contribution in [0.15, 0.2) is 57.9 Å². The number of aromatic nitrogens is 3. The maximum Gasteiger partial charge on any atom is 0.347 e. The van der Waals surface area contributed by atoms with Crippen LogP contribution in [0.2, 0.25) is 0 Å². The van der Waals surface area contributed by atoms with Crippen LogP contribution in [-0.4, -0.2) is 38.8 Å². The largest absolute Gasteiger partial charge is 0.467 e. The lowest BCUT2D eigenvalue weighted by Gasteiger charge is -2.32. The Morgan fingerprint density at radius 3 is 2.89 bits per heavy atom. The average Bonchev–Trinajstić information content (AvgIpc) is 3.36. The van der Waals surface area contributed by atoms with Gasteiger partial charge in [0.2, 0.25) is 0 Å². The number of urea groups is 1. The van der Waals surface area contributed by atoms with E-state index in [2.05, 4.69) is 15.5 Å². The molecule has 1 fully saturated rings. The van der Waals surface area contributed by atoms with Gasteiger partial charge >= 0.3 is 11.7 Å². The van der Waals surface area contributed by atoms with Crippen molar-refractivity contribution in [2.75, 3.05) is 13.1 Å². The molecule has 1 aliphatic heterocycles. The Bertz CT molecular complexity index is 945. The van der Waals surface area contributed by atoms with Crippen molar-refractivity contribution < 1.29 is 9.21 Å². The standard InChI is InChI=1S/C19H21N5O3/c25-18(20-12-16-9-5-11-27-16)23-10-4-6-14(13-23)17-21-22-19(26)24(17)15-7-2-1-3-8-15/h1-3,5,7-9,11,14H,4,6,10,12-13H2,(H,20,25)(H,22,26)/t14-/m1/s1. The summed E-state index contributed by atoms with van der Waals surface area (Å²) in [7, 11) is 0. The molecule has 1 atom stereocenters. The fourth-order valence-electron chi connectivity index (χ4n) is 3.47. The molecule has 8 heteroatoms. The van der Waals surface area contributed by atoms with Crippen molar-refractivity contribution in [2.45, 2.75) is 25.3 Å². The minimum atomic E-state index is -0.268. The zero-order chi connectivity index (χ0) is 18.6. The number of carbonyl (C=O) groups is 1. The molecule has 0 radical (unpaired) electrons. The van der Waals surface area contributed by atoms with E-state index in [1.165, 1.54) is 0 Å². The van der Waals surface area contributed by atoms with Gasteiger partial charge in [0, 0.05) is 19.0 Å². The Morgan fingerprint density at radius 2 is 2.11 bits per heavy atom. The summed E-state index contributed by atoms with van der Waals surface area (Å²) in [5.74, 6) is 1.36. The molecule has 0 unspecified atom stereocenters. The first-order valence-corrected chi connectivity index (χ1v) is 9.00. The number of H-pyrrole nitrogens is 1. The molecule has 0 aliphatic carbocycles. The Balaban J connectivity index is 1.49. The van der Waals surface area contributed by atoms with Gasteiger partial charge in [-0.2, -0.15) is 5.10 Å². The second-order valence-electron chi connectivity index (χ2n) is 6.58. The molecule has 3 heterocycles. The molecule has 4 rings (SSSR count). The molecular formula is C19H21N5O3. The van der Waals surface area contributed by atoms with Crippen molar-refractivity contribution >= 4 is 6.03 Å². The normalized spacial score (nSPS) is 17.0. The summed E-state index contributed by atoms with van der Waals surface area (Å²) in [5.41, 5.74) is 0.501. The van der Waals surface area contributed by atoms with Gasteiger partial charge in [-0.25, -0.2) is 19.3 Å². The zero-order valence-corrected chi connectivity index (χ0v) is 14.8. The first-order chi connectivity index (χ1) is 13.2. The summed E-state index contributed by atoms with van der Waals surface area (Å²) in [6.07, 6.45) is 3.31. The van der Waals surface area contributed by atoms with Gasteiger partial charge in [-0.1, -0.05) is 18.2 Å². The third-order valence-corrected chi connectivity index (χ3v) is 4.78. The molecule has 1 saturated heterocycles. The third kappa shape index (κ3) is 3.64. The fraction of sp³-hybridized carbons (Fsp3) is 0.316. The first kappa shape index (κ1) is 17.1. The van der Waals surface area contributed by atoms with Crippen LogP contribution in [0, 0.1) is 0 Å². The molecule has 0 bridgehead atoms. The number of hydrogen-bond donors (Lipinski definition) is 2. The third-order valence-electron chi connectivity index (χ3n) is 4.78. The molecular weight excluding hydrogens is 346 g/mol. The van der Waals surface area contributed by atoms with Gasteiger partial charge in [-0.3, -0.25) is 0 Å². The SMILES string of the molecule is O=C(NCc1ccco1)N1CCC[C@@H](c2n[nH]c(=O)n2-c2ccccc2)C1. The highest BCUT2D eigenvalue weighted by Gasteiger charge is 2.29. The summed E-state index contributed by atoms with van der Waals surface area (Å²) in [6, 6.07) is 12.9. The highest BCUT2D eigenvalue weighted by Crippen LogP contribution is 2.26. The highest BCUT2D eigenvalue weighted by atomic mass is 16.3. The van der Waals surface area contributed by atoms with Gasteiger partial charge in [0.1, 0.15) is 11.6 Å². The van der Waals surface area contributed by atoms with Crippen molar-refractivity contribution in [3.63, 3.8) is 0 Å². The van der Waals surface area contributed by atoms with E-state index in [0.29, 0.717) is 31.2 Å². The molecule has 8 nitrogen and oxygen atoms in total. The van der Waals surface area contributed by atoms with E-state index in [-0.39, 0.29) is 17.6 Å². The van der Waals surface area contributed by atoms with Crippen LogP contribution in [0.1, 0.15) is 30.3 Å². The summed E-state index contributed by atoms with van der Waals surface area (Å²) in [5, 5.41) is 9.67. The maximum absolute atomic E-state index is 12.5. The van der Waals surface area contributed by atoms with Crippen LogP contribution in [0.25, 0.3) is 5.69 Å². The van der Waals surface area contributed by atoms with Gasteiger partial charge in [0.25, 0.3) is 0 Å². The number of nitrogens with zero attached hydrogens (tertiary/aromatic N) is 3. The number of hydrogen-bond acceptors (Lipinski definition) is 4. The molecule has 1 aromatic carbocycles. The molecule has 2 N–H and O–H groups in total. The lowest BCUT2D eigenvalue weighted by atomic mass is 9.97. The Kier molecular flexibility index (Phi) is 4.78.